The quantitative estimate of drug-likeness (QED) is 0.770. The number of nitrogens with zero attached hydrogens (tertiary/aromatic N) is 3. The number of amides is 1. The third kappa shape index (κ3) is 3.23. The van der Waals surface area contributed by atoms with Gasteiger partial charge in [0.1, 0.15) is 6.17 Å². The fourth-order valence-corrected chi connectivity index (χ4v) is 3.48. The molecule has 1 saturated heterocycles. The molecule has 1 fully saturated rings. The molecule has 132 valence electrons. The van der Waals surface area contributed by atoms with Crippen LogP contribution in [-0.4, -0.2) is 34.2 Å². The number of aromatic nitrogens is 2. The first-order chi connectivity index (χ1) is 12.6. The summed E-state index contributed by atoms with van der Waals surface area (Å²) < 4.78 is 1.89. The van der Waals surface area contributed by atoms with Gasteiger partial charge in [0.15, 0.2) is 0 Å². The summed E-state index contributed by atoms with van der Waals surface area (Å²) in [5.41, 5.74) is 3.88. The van der Waals surface area contributed by atoms with E-state index in [-0.39, 0.29) is 12.1 Å². The number of hydrogen-bond donors (Lipinski definition) is 1. The molecule has 1 N–H and O–H groups in total. The van der Waals surface area contributed by atoms with Gasteiger partial charge in [0.05, 0.1) is 18.8 Å². The first kappa shape index (κ1) is 16.8. The lowest BCUT2D eigenvalue weighted by atomic mass is 10.1. The Morgan fingerprint density at radius 1 is 1.15 bits per heavy atom. The number of likely N-dealkylation sites (N-methyl/N-ethyl adjacent to an activating group) is 1. The van der Waals surface area contributed by atoms with Crippen LogP contribution in [0.5, 0.6) is 0 Å². The number of benzene rings is 2. The normalized spacial score (nSPS) is 17.5. The Hall–Kier alpha value is -2.63. The molecule has 2 heterocycles. The third-order valence-corrected chi connectivity index (χ3v) is 4.92. The van der Waals surface area contributed by atoms with E-state index < -0.39 is 0 Å². The minimum Gasteiger partial charge on any atom is -0.335 e. The van der Waals surface area contributed by atoms with Crippen molar-refractivity contribution >= 4 is 17.5 Å². The number of carbonyl (C=O) groups is 1. The Bertz CT molecular complexity index is 938. The van der Waals surface area contributed by atoms with Crippen molar-refractivity contribution in [1.82, 2.24) is 20.0 Å². The molecule has 0 spiro atoms. The first-order valence-corrected chi connectivity index (χ1v) is 8.85. The van der Waals surface area contributed by atoms with Gasteiger partial charge in [-0.1, -0.05) is 60.1 Å². The van der Waals surface area contributed by atoms with Crippen molar-refractivity contribution in [2.75, 3.05) is 13.6 Å². The van der Waals surface area contributed by atoms with Crippen molar-refractivity contribution < 1.29 is 4.79 Å². The molecule has 0 aliphatic carbocycles. The smallest absolute Gasteiger partial charge is 0.235 e. The monoisotopic (exact) mass is 366 g/mol. The minimum atomic E-state index is -0.183. The van der Waals surface area contributed by atoms with E-state index in [0.29, 0.717) is 13.1 Å². The molecule has 0 bridgehead atoms. The van der Waals surface area contributed by atoms with Gasteiger partial charge in [0.25, 0.3) is 0 Å². The highest BCUT2D eigenvalue weighted by molar-refractivity contribution is 6.31. The molecular weight excluding hydrogens is 348 g/mol. The molecule has 26 heavy (non-hydrogen) atoms. The largest absolute Gasteiger partial charge is 0.335 e. The van der Waals surface area contributed by atoms with Gasteiger partial charge >= 0.3 is 0 Å². The van der Waals surface area contributed by atoms with Gasteiger partial charge in [-0.25, -0.2) is 0 Å². The molecule has 1 atom stereocenters. The highest BCUT2D eigenvalue weighted by Crippen LogP contribution is 2.31. The van der Waals surface area contributed by atoms with Gasteiger partial charge in [-0.15, -0.1) is 0 Å². The van der Waals surface area contributed by atoms with E-state index >= 15 is 0 Å². The lowest BCUT2D eigenvalue weighted by Gasteiger charge is -2.18. The van der Waals surface area contributed by atoms with Crippen LogP contribution < -0.4 is 5.32 Å². The van der Waals surface area contributed by atoms with Crippen LogP contribution in [0.1, 0.15) is 17.3 Å². The van der Waals surface area contributed by atoms with Gasteiger partial charge in [-0.2, -0.15) is 5.10 Å². The van der Waals surface area contributed by atoms with Crippen LogP contribution in [0.15, 0.2) is 60.8 Å². The molecule has 0 radical (unpaired) electrons. The fraction of sp³-hybridized carbons (Fsp3) is 0.200. The zero-order valence-corrected chi connectivity index (χ0v) is 15.1. The lowest BCUT2D eigenvalue weighted by molar-refractivity contribution is -0.118. The summed E-state index contributed by atoms with van der Waals surface area (Å²) >= 11 is 6.30. The average molecular weight is 367 g/mol. The average Bonchev–Trinajstić information content (AvgIpc) is 3.20. The Kier molecular flexibility index (Phi) is 4.49. The molecule has 5 nitrogen and oxygen atoms in total. The van der Waals surface area contributed by atoms with Crippen LogP contribution in [0.4, 0.5) is 0 Å². The van der Waals surface area contributed by atoms with Crippen LogP contribution in [0.3, 0.4) is 0 Å². The molecule has 1 aromatic heterocycles. The van der Waals surface area contributed by atoms with Crippen molar-refractivity contribution in [2.24, 2.45) is 0 Å². The standard InChI is InChI=1S/C20H19ClN4O/c1-24-13-18(26)22-20(24)16-12-25(11-15-9-5-6-10-17(15)21)23-19(16)14-7-3-2-4-8-14/h2-10,12,20H,11,13H2,1H3,(H,22,26). The van der Waals surface area contributed by atoms with E-state index in [4.69, 9.17) is 16.7 Å². The summed E-state index contributed by atoms with van der Waals surface area (Å²) in [6.07, 6.45) is 1.82. The molecule has 4 rings (SSSR count). The second-order valence-corrected chi connectivity index (χ2v) is 6.88. The fourth-order valence-electron chi connectivity index (χ4n) is 3.28. The van der Waals surface area contributed by atoms with Gasteiger partial charge in [-0.05, 0) is 18.7 Å². The Morgan fingerprint density at radius 2 is 1.88 bits per heavy atom. The summed E-state index contributed by atoms with van der Waals surface area (Å²) in [4.78, 5) is 13.8. The van der Waals surface area contributed by atoms with Crippen molar-refractivity contribution in [2.45, 2.75) is 12.7 Å². The zero-order valence-electron chi connectivity index (χ0n) is 14.4. The van der Waals surface area contributed by atoms with Crippen LogP contribution >= 0.6 is 11.6 Å². The Balaban J connectivity index is 1.75. The van der Waals surface area contributed by atoms with Crippen LogP contribution in [0, 0.1) is 0 Å². The maximum absolute atomic E-state index is 11.8. The molecule has 6 heteroatoms. The molecule has 0 saturated carbocycles. The van der Waals surface area contributed by atoms with Gasteiger partial charge in [-0.3, -0.25) is 14.4 Å². The number of carbonyl (C=O) groups excluding carboxylic acids is 1. The number of hydrogen-bond acceptors (Lipinski definition) is 3. The second-order valence-electron chi connectivity index (χ2n) is 6.47. The van der Waals surface area contributed by atoms with Gasteiger partial charge in [0.2, 0.25) is 5.91 Å². The Labute approximate surface area is 157 Å². The summed E-state index contributed by atoms with van der Waals surface area (Å²) in [5.74, 6) is 0.0235. The molecule has 2 aromatic carbocycles. The number of halogens is 1. The lowest BCUT2D eigenvalue weighted by Crippen LogP contribution is -2.24. The van der Waals surface area contributed by atoms with Crippen LogP contribution in [-0.2, 0) is 11.3 Å². The molecule has 1 amide bonds. The third-order valence-electron chi connectivity index (χ3n) is 4.55. The second kappa shape index (κ2) is 6.94. The summed E-state index contributed by atoms with van der Waals surface area (Å²) in [5, 5.41) is 8.55. The highest BCUT2D eigenvalue weighted by atomic mass is 35.5. The minimum absolute atomic E-state index is 0.0235. The van der Waals surface area contributed by atoms with E-state index in [1.807, 2.05) is 77.4 Å². The number of rotatable bonds is 4. The van der Waals surface area contributed by atoms with E-state index in [2.05, 4.69) is 5.32 Å². The van der Waals surface area contributed by atoms with Crippen molar-refractivity contribution in [1.29, 1.82) is 0 Å². The maximum atomic E-state index is 11.8. The summed E-state index contributed by atoms with van der Waals surface area (Å²) in [6.45, 7) is 0.957. The Morgan fingerprint density at radius 3 is 2.58 bits per heavy atom. The van der Waals surface area contributed by atoms with Crippen LogP contribution in [0.25, 0.3) is 11.3 Å². The van der Waals surface area contributed by atoms with E-state index in [9.17, 15) is 4.79 Å². The summed E-state index contributed by atoms with van der Waals surface area (Å²) in [6, 6.07) is 17.8. The predicted molar refractivity (Wildman–Crippen MR) is 102 cm³/mol. The van der Waals surface area contributed by atoms with Crippen molar-refractivity contribution in [3.05, 3.63) is 76.9 Å². The van der Waals surface area contributed by atoms with E-state index in [1.165, 1.54) is 0 Å². The summed E-state index contributed by atoms with van der Waals surface area (Å²) in [7, 11) is 1.93. The molecule has 1 unspecified atom stereocenters. The first-order valence-electron chi connectivity index (χ1n) is 8.47. The topological polar surface area (TPSA) is 50.2 Å². The molecule has 3 aromatic rings. The van der Waals surface area contributed by atoms with Crippen molar-refractivity contribution in [3.63, 3.8) is 0 Å². The maximum Gasteiger partial charge on any atom is 0.235 e. The molecular formula is C20H19ClN4O. The van der Waals surface area contributed by atoms with E-state index in [1.54, 1.807) is 0 Å². The van der Waals surface area contributed by atoms with Crippen LogP contribution in [0.2, 0.25) is 5.02 Å². The van der Waals surface area contributed by atoms with Gasteiger partial charge < -0.3 is 5.32 Å². The van der Waals surface area contributed by atoms with Crippen molar-refractivity contribution in [3.8, 4) is 11.3 Å². The number of nitrogens with one attached hydrogen (secondary N) is 1. The van der Waals surface area contributed by atoms with Gasteiger partial charge in [0, 0.05) is 22.3 Å². The molecule has 1 aliphatic rings. The van der Waals surface area contributed by atoms with E-state index in [0.717, 1.165) is 27.4 Å². The zero-order chi connectivity index (χ0) is 18.1. The highest BCUT2D eigenvalue weighted by Gasteiger charge is 2.31. The molecule has 1 aliphatic heterocycles. The SMILES string of the molecule is CN1CC(=O)NC1c1cn(Cc2ccccc2Cl)nc1-c1ccccc1. The predicted octanol–water partition coefficient (Wildman–Crippen LogP) is 3.31.